The average Bonchev–Trinajstić information content (AvgIpc) is 2.74. The van der Waals surface area contributed by atoms with Gasteiger partial charge in [-0.05, 0) is 39.7 Å². The first kappa shape index (κ1) is 29.0. The van der Waals surface area contributed by atoms with Crippen molar-refractivity contribution in [3.8, 4) is 0 Å². The van der Waals surface area contributed by atoms with E-state index < -0.39 is 35.7 Å². The standard InChI is InChI=1S/C25H39ClN4O5/c1-14(2)11-27-20-16(21(32)34-9)10-15(13-30(20)23(33)35-25(6,7)8)18(31)17-12-28-22(24(3,4)5)29-19(17)26/h12,14-16,20,27H,10-11,13H2,1-9H3. The minimum absolute atomic E-state index is 0.0495. The van der Waals surface area contributed by atoms with E-state index in [0.717, 1.165) is 0 Å². The molecule has 1 fully saturated rings. The summed E-state index contributed by atoms with van der Waals surface area (Å²) in [6.07, 6.45) is 0.305. The summed E-state index contributed by atoms with van der Waals surface area (Å²) in [6.45, 7) is 15.8. The number of likely N-dealkylation sites (tertiary alicyclic amines) is 1. The van der Waals surface area contributed by atoms with Crippen molar-refractivity contribution in [1.82, 2.24) is 20.2 Å². The fraction of sp³-hybridized carbons (Fsp3) is 0.720. The highest BCUT2D eigenvalue weighted by Gasteiger charge is 2.46. The van der Waals surface area contributed by atoms with Crippen LogP contribution in [-0.4, -0.2) is 64.7 Å². The van der Waals surface area contributed by atoms with Crippen LogP contribution < -0.4 is 5.32 Å². The lowest BCUT2D eigenvalue weighted by molar-refractivity contribution is -0.151. The van der Waals surface area contributed by atoms with Gasteiger partial charge in [-0.1, -0.05) is 46.2 Å². The van der Waals surface area contributed by atoms with Gasteiger partial charge in [0.15, 0.2) is 5.78 Å². The third kappa shape index (κ3) is 7.61. The number of halogens is 1. The van der Waals surface area contributed by atoms with Gasteiger partial charge in [0.05, 0.1) is 24.8 Å². The number of nitrogens with zero attached hydrogens (tertiary/aromatic N) is 3. The fourth-order valence-corrected chi connectivity index (χ4v) is 4.09. The van der Waals surface area contributed by atoms with Crippen LogP contribution in [0.3, 0.4) is 0 Å². The summed E-state index contributed by atoms with van der Waals surface area (Å²) in [7, 11) is 1.29. The maximum Gasteiger partial charge on any atom is 0.411 e. The van der Waals surface area contributed by atoms with Crippen LogP contribution in [0.1, 0.15) is 78.0 Å². The highest BCUT2D eigenvalue weighted by molar-refractivity contribution is 6.32. The van der Waals surface area contributed by atoms with Gasteiger partial charge < -0.3 is 9.47 Å². The minimum Gasteiger partial charge on any atom is -0.469 e. The number of ketones is 1. The average molecular weight is 511 g/mol. The van der Waals surface area contributed by atoms with Gasteiger partial charge in [-0.25, -0.2) is 14.8 Å². The molecule has 10 heteroatoms. The molecule has 0 aliphatic carbocycles. The molecule has 1 aromatic heterocycles. The molecule has 35 heavy (non-hydrogen) atoms. The maximum atomic E-state index is 13.5. The van der Waals surface area contributed by atoms with Crippen molar-refractivity contribution in [2.45, 2.75) is 79.0 Å². The molecule has 9 nitrogen and oxygen atoms in total. The Morgan fingerprint density at radius 3 is 2.31 bits per heavy atom. The summed E-state index contributed by atoms with van der Waals surface area (Å²) in [4.78, 5) is 49.6. The van der Waals surface area contributed by atoms with Crippen LogP contribution in [0.25, 0.3) is 0 Å². The Bertz CT molecular complexity index is 939. The third-order valence-electron chi connectivity index (χ3n) is 5.59. The van der Waals surface area contributed by atoms with Crippen molar-refractivity contribution in [2.75, 3.05) is 20.2 Å². The molecule has 1 aromatic rings. The number of carbonyl (C=O) groups excluding carboxylic acids is 3. The summed E-state index contributed by atoms with van der Waals surface area (Å²) in [6, 6.07) is 0. The lowest BCUT2D eigenvalue weighted by Crippen LogP contribution is -2.61. The van der Waals surface area contributed by atoms with Crippen LogP contribution in [-0.2, 0) is 19.7 Å². The molecule has 0 aromatic carbocycles. The second-order valence-corrected chi connectivity index (χ2v) is 11.8. The summed E-state index contributed by atoms with van der Waals surface area (Å²) >= 11 is 6.39. The number of ether oxygens (including phenoxy) is 2. The predicted octanol–water partition coefficient (Wildman–Crippen LogP) is 4.23. The van der Waals surface area contributed by atoms with Gasteiger partial charge in [-0.15, -0.1) is 0 Å². The van der Waals surface area contributed by atoms with Gasteiger partial charge >= 0.3 is 12.1 Å². The van der Waals surface area contributed by atoms with E-state index in [-0.39, 0.29) is 40.8 Å². The number of carbonyl (C=O) groups is 3. The van der Waals surface area contributed by atoms with Crippen LogP contribution in [0, 0.1) is 17.8 Å². The number of esters is 1. The Morgan fingerprint density at radius 2 is 1.83 bits per heavy atom. The van der Waals surface area contributed by atoms with Crippen molar-refractivity contribution in [3.63, 3.8) is 0 Å². The number of hydrogen-bond acceptors (Lipinski definition) is 8. The van der Waals surface area contributed by atoms with Crippen LogP contribution in [0.5, 0.6) is 0 Å². The highest BCUT2D eigenvalue weighted by Crippen LogP contribution is 2.33. The van der Waals surface area contributed by atoms with Crippen molar-refractivity contribution >= 4 is 29.4 Å². The van der Waals surface area contributed by atoms with Crippen molar-refractivity contribution in [3.05, 3.63) is 22.7 Å². The number of rotatable bonds is 6. The quantitative estimate of drug-likeness (QED) is 0.344. The van der Waals surface area contributed by atoms with Crippen molar-refractivity contribution in [2.24, 2.45) is 17.8 Å². The molecule has 3 unspecified atom stereocenters. The van der Waals surface area contributed by atoms with E-state index in [2.05, 4.69) is 15.3 Å². The Hall–Kier alpha value is -2.26. The van der Waals surface area contributed by atoms with E-state index in [1.54, 1.807) is 20.8 Å². The van der Waals surface area contributed by atoms with E-state index in [1.807, 2.05) is 34.6 Å². The lowest BCUT2D eigenvalue weighted by Gasteiger charge is -2.43. The molecule has 1 N–H and O–H groups in total. The molecule has 1 aliphatic heterocycles. The number of methoxy groups -OCH3 is 1. The second kappa shape index (κ2) is 11.2. The molecule has 1 aliphatic rings. The molecule has 3 atom stereocenters. The minimum atomic E-state index is -0.775. The lowest BCUT2D eigenvalue weighted by atomic mass is 9.82. The molecule has 2 rings (SSSR count). The maximum absolute atomic E-state index is 13.5. The smallest absolute Gasteiger partial charge is 0.411 e. The summed E-state index contributed by atoms with van der Waals surface area (Å²) in [5, 5.41) is 3.35. The molecule has 0 saturated carbocycles. The van der Waals surface area contributed by atoms with Crippen molar-refractivity contribution in [1.29, 1.82) is 0 Å². The molecule has 1 saturated heterocycles. The van der Waals surface area contributed by atoms with E-state index in [0.29, 0.717) is 12.4 Å². The zero-order valence-electron chi connectivity index (χ0n) is 22.3. The molecular weight excluding hydrogens is 472 g/mol. The normalized spacial score (nSPS) is 21.1. The number of piperidine rings is 1. The van der Waals surface area contributed by atoms with E-state index in [9.17, 15) is 14.4 Å². The monoisotopic (exact) mass is 510 g/mol. The first-order valence-electron chi connectivity index (χ1n) is 11.9. The Kier molecular flexibility index (Phi) is 9.27. The fourth-order valence-electron chi connectivity index (χ4n) is 3.87. The predicted molar refractivity (Wildman–Crippen MR) is 133 cm³/mol. The van der Waals surface area contributed by atoms with Gasteiger partial charge in [0.25, 0.3) is 0 Å². The van der Waals surface area contributed by atoms with E-state index in [1.165, 1.54) is 18.2 Å². The first-order chi connectivity index (χ1) is 16.0. The Labute approximate surface area is 213 Å². The zero-order valence-corrected chi connectivity index (χ0v) is 23.0. The molecular formula is C25H39ClN4O5. The molecule has 0 radical (unpaired) electrons. The highest BCUT2D eigenvalue weighted by atomic mass is 35.5. The topological polar surface area (TPSA) is 111 Å². The molecule has 1 amide bonds. The van der Waals surface area contributed by atoms with Crippen LogP contribution >= 0.6 is 11.6 Å². The SMILES string of the molecule is COC(=O)C1CC(C(=O)c2cnc(C(C)(C)C)nc2Cl)CN(C(=O)OC(C)(C)C)C1NCC(C)C. The number of nitrogens with one attached hydrogen (secondary N) is 1. The van der Waals surface area contributed by atoms with Gasteiger partial charge in [0, 0.05) is 24.1 Å². The number of aromatic nitrogens is 2. The number of Topliss-reactive ketones (excluding diaryl/α,β-unsaturated/α-hetero) is 1. The number of hydrogen-bond donors (Lipinski definition) is 1. The van der Waals surface area contributed by atoms with Gasteiger partial charge in [-0.3, -0.25) is 19.8 Å². The molecule has 196 valence electrons. The van der Waals surface area contributed by atoms with Gasteiger partial charge in [0.2, 0.25) is 0 Å². The zero-order chi connectivity index (χ0) is 26.7. The second-order valence-electron chi connectivity index (χ2n) is 11.5. The van der Waals surface area contributed by atoms with E-state index in [4.69, 9.17) is 21.1 Å². The van der Waals surface area contributed by atoms with Gasteiger partial charge in [-0.2, -0.15) is 0 Å². The summed E-state index contributed by atoms with van der Waals surface area (Å²) in [5.41, 5.74) is -0.933. The van der Waals surface area contributed by atoms with Crippen LogP contribution in [0.2, 0.25) is 5.15 Å². The summed E-state index contributed by atoms with van der Waals surface area (Å²) in [5.74, 6) is -1.55. The van der Waals surface area contributed by atoms with E-state index >= 15 is 0 Å². The first-order valence-corrected chi connectivity index (χ1v) is 12.3. The third-order valence-corrected chi connectivity index (χ3v) is 5.88. The largest absolute Gasteiger partial charge is 0.469 e. The van der Waals surface area contributed by atoms with Gasteiger partial charge in [0.1, 0.15) is 16.6 Å². The Morgan fingerprint density at radius 1 is 1.20 bits per heavy atom. The Balaban J connectivity index is 2.45. The van der Waals surface area contributed by atoms with Crippen LogP contribution in [0.4, 0.5) is 4.79 Å². The van der Waals surface area contributed by atoms with Crippen LogP contribution in [0.15, 0.2) is 6.20 Å². The number of amides is 1. The molecule has 0 bridgehead atoms. The van der Waals surface area contributed by atoms with Crippen molar-refractivity contribution < 1.29 is 23.9 Å². The molecule has 2 heterocycles. The summed E-state index contributed by atoms with van der Waals surface area (Å²) < 4.78 is 10.7. The molecule has 0 spiro atoms.